The zero-order valence-electron chi connectivity index (χ0n) is 11.5. The highest BCUT2D eigenvalue weighted by atomic mass is 32.1. The van der Waals surface area contributed by atoms with Crippen molar-refractivity contribution < 1.29 is 9.90 Å². The average molecular weight is 293 g/mol. The van der Waals surface area contributed by atoms with E-state index in [1.54, 1.807) is 18.2 Å². The van der Waals surface area contributed by atoms with Crippen molar-refractivity contribution in [1.29, 1.82) is 0 Å². The number of aryl methyl sites for hydroxylation is 1. The molecule has 5 nitrogen and oxygen atoms in total. The van der Waals surface area contributed by atoms with E-state index in [0.717, 1.165) is 18.7 Å². The van der Waals surface area contributed by atoms with Crippen LogP contribution in [0.1, 0.15) is 15.9 Å². The molecular formula is C14H19N3O2S. The Kier molecular flexibility index (Phi) is 4.57. The summed E-state index contributed by atoms with van der Waals surface area (Å²) in [6.45, 7) is 5.33. The first kappa shape index (κ1) is 14.7. The van der Waals surface area contributed by atoms with Gasteiger partial charge in [0.05, 0.1) is 4.99 Å². The molecule has 1 aromatic rings. The number of carbonyl (C=O) groups excluding carboxylic acids is 1. The lowest BCUT2D eigenvalue weighted by Gasteiger charge is -2.34. The SMILES string of the molecule is Cc1cc(O)ccc1C(=O)N1CCN(CC(N)=S)CC1. The summed E-state index contributed by atoms with van der Waals surface area (Å²) >= 11 is 4.90. The van der Waals surface area contributed by atoms with Crippen molar-refractivity contribution in [2.24, 2.45) is 5.73 Å². The second-order valence-corrected chi connectivity index (χ2v) is 5.56. The van der Waals surface area contributed by atoms with Gasteiger partial charge in [0.1, 0.15) is 5.75 Å². The number of nitrogens with two attached hydrogens (primary N) is 1. The number of thiocarbonyl (C=S) groups is 1. The van der Waals surface area contributed by atoms with Gasteiger partial charge in [-0.05, 0) is 30.7 Å². The number of hydrogen-bond donors (Lipinski definition) is 2. The van der Waals surface area contributed by atoms with Crippen molar-refractivity contribution in [2.75, 3.05) is 32.7 Å². The molecular weight excluding hydrogens is 274 g/mol. The first-order chi connectivity index (χ1) is 9.47. The largest absolute Gasteiger partial charge is 0.508 e. The number of piperazine rings is 1. The number of amides is 1. The minimum atomic E-state index is 0.0116. The molecule has 1 amide bonds. The molecule has 0 unspecified atom stereocenters. The molecule has 0 saturated carbocycles. The van der Waals surface area contributed by atoms with Crippen molar-refractivity contribution in [3.63, 3.8) is 0 Å². The van der Waals surface area contributed by atoms with Gasteiger partial charge in [-0.1, -0.05) is 12.2 Å². The van der Waals surface area contributed by atoms with Gasteiger partial charge in [-0.2, -0.15) is 0 Å². The molecule has 0 spiro atoms. The van der Waals surface area contributed by atoms with Crippen LogP contribution < -0.4 is 5.73 Å². The summed E-state index contributed by atoms with van der Waals surface area (Å²) < 4.78 is 0. The fraction of sp³-hybridized carbons (Fsp3) is 0.429. The minimum Gasteiger partial charge on any atom is -0.508 e. The Hall–Kier alpha value is -1.66. The van der Waals surface area contributed by atoms with Gasteiger partial charge in [-0.3, -0.25) is 9.69 Å². The van der Waals surface area contributed by atoms with E-state index in [9.17, 15) is 9.90 Å². The van der Waals surface area contributed by atoms with Crippen LogP contribution in [0.5, 0.6) is 5.75 Å². The van der Waals surface area contributed by atoms with Crippen LogP contribution in [0.25, 0.3) is 0 Å². The molecule has 1 heterocycles. The van der Waals surface area contributed by atoms with Gasteiger partial charge in [0.15, 0.2) is 0 Å². The van der Waals surface area contributed by atoms with Crippen molar-refractivity contribution in [3.05, 3.63) is 29.3 Å². The van der Waals surface area contributed by atoms with Gasteiger partial charge in [0, 0.05) is 38.3 Å². The predicted molar refractivity (Wildman–Crippen MR) is 82.0 cm³/mol. The topological polar surface area (TPSA) is 69.8 Å². The quantitative estimate of drug-likeness (QED) is 0.805. The molecule has 0 bridgehead atoms. The third kappa shape index (κ3) is 3.46. The zero-order chi connectivity index (χ0) is 14.7. The highest BCUT2D eigenvalue weighted by Gasteiger charge is 2.23. The second kappa shape index (κ2) is 6.19. The molecule has 1 aliphatic rings. The van der Waals surface area contributed by atoms with Gasteiger partial charge in [0.25, 0.3) is 5.91 Å². The maximum Gasteiger partial charge on any atom is 0.254 e. The lowest BCUT2D eigenvalue weighted by molar-refractivity contribution is 0.0653. The van der Waals surface area contributed by atoms with E-state index in [1.165, 1.54) is 0 Å². The van der Waals surface area contributed by atoms with E-state index in [1.807, 2.05) is 11.8 Å². The smallest absolute Gasteiger partial charge is 0.254 e. The summed E-state index contributed by atoms with van der Waals surface area (Å²) in [4.78, 5) is 16.9. The Labute approximate surface area is 124 Å². The van der Waals surface area contributed by atoms with Crippen molar-refractivity contribution >= 4 is 23.1 Å². The second-order valence-electron chi connectivity index (χ2n) is 5.03. The monoisotopic (exact) mass is 293 g/mol. The van der Waals surface area contributed by atoms with E-state index in [4.69, 9.17) is 18.0 Å². The molecule has 0 radical (unpaired) electrons. The Morgan fingerprint density at radius 1 is 1.35 bits per heavy atom. The molecule has 0 aliphatic carbocycles. The van der Waals surface area contributed by atoms with Crippen LogP contribution in [0.2, 0.25) is 0 Å². The van der Waals surface area contributed by atoms with Gasteiger partial charge < -0.3 is 15.7 Å². The maximum atomic E-state index is 12.4. The number of carbonyl (C=O) groups is 1. The Bertz CT molecular complexity index is 525. The summed E-state index contributed by atoms with van der Waals surface area (Å²) in [7, 11) is 0. The van der Waals surface area contributed by atoms with Crippen LogP contribution in [0, 0.1) is 6.92 Å². The summed E-state index contributed by atoms with van der Waals surface area (Å²) in [5, 5.41) is 9.39. The zero-order valence-corrected chi connectivity index (χ0v) is 12.3. The third-order valence-corrected chi connectivity index (χ3v) is 3.61. The maximum absolute atomic E-state index is 12.4. The molecule has 0 aromatic heterocycles. The standard InChI is InChI=1S/C14H19N3O2S/c1-10-8-11(18)2-3-12(10)14(19)17-6-4-16(5-7-17)9-13(15)20/h2-3,8,18H,4-7,9H2,1H3,(H2,15,20). The highest BCUT2D eigenvalue weighted by Crippen LogP contribution is 2.18. The minimum absolute atomic E-state index is 0.0116. The molecule has 1 saturated heterocycles. The molecule has 1 aliphatic heterocycles. The van der Waals surface area contributed by atoms with E-state index in [-0.39, 0.29) is 11.7 Å². The van der Waals surface area contributed by atoms with Crippen LogP contribution in [0.3, 0.4) is 0 Å². The van der Waals surface area contributed by atoms with Crippen molar-refractivity contribution in [2.45, 2.75) is 6.92 Å². The average Bonchev–Trinajstić information content (AvgIpc) is 2.38. The van der Waals surface area contributed by atoms with E-state index >= 15 is 0 Å². The molecule has 6 heteroatoms. The molecule has 108 valence electrons. The van der Waals surface area contributed by atoms with Crippen molar-refractivity contribution in [1.82, 2.24) is 9.80 Å². The fourth-order valence-electron chi connectivity index (χ4n) is 2.39. The Balaban J connectivity index is 1.99. The summed E-state index contributed by atoms with van der Waals surface area (Å²) in [6.07, 6.45) is 0. The molecule has 20 heavy (non-hydrogen) atoms. The van der Waals surface area contributed by atoms with Crippen LogP contribution in [-0.4, -0.2) is 58.5 Å². The molecule has 3 N–H and O–H groups in total. The third-order valence-electron chi connectivity index (χ3n) is 3.48. The Morgan fingerprint density at radius 2 is 2.00 bits per heavy atom. The fourth-order valence-corrected chi connectivity index (χ4v) is 2.57. The van der Waals surface area contributed by atoms with Crippen LogP contribution in [-0.2, 0) is 0 Å². The number of nitrogens with zero attached hydrogens (tertiary/aromatic N) is 2. The van der Waals surface area contributed by atoms with Crippen LogP contribution >= 0.6 is 12.2 Å². The van der Waals surface area contributed by atoms with Gasteiger partial charge in [-0.15, -0.1) is 0 Å². The van der Waals surface area contributed by atoms with E-state index in [0.29, 0.717) is 30.2 Å². The highest BCUT2D eigenvalue weighted by molar-refractivity contribution is 7.80. The van der Waals surface area contributed by atoms with E-state index < -0.39 is 0 Å². The number of aromatic hydroxyl groups is 1. The molecule has 1 fully saturated rings. The molecule has 0 atom stereocenters. The summed E-state index contributed by atoms with van der Waals surface area (Å²) in [5.74, 6) is 0.192. The number of benzene rings is 1. The summed E-state index contributed by atoms with van der Waals surface area (Å²) in [6, 6.07) is 4.83. The number of hydrogen-bond acceptors (Lipinski definition) is 4. The van der Waals surface area contributed by atoms with Gasteiger partial charge in [0.2, 0.25) is 0 Å². The number of rotatable bonds is 3. The lowest BCUT2D eigenvalue weighted by Crippen LogP contribution is -2.50. The first-order valence-corrected chi connectivity index (χ1v) is 6.98. The predicted octanol–water partition coefficient (Wildman–Crippen LogP) is 0.745. The van der Waals surface area contributed by atoms with Crippen molar-refractivity contribution in [3.8, 4) is 5.75 Å². The number of phenols is 1. The Morgan fingerprint density at radius 3 is 2.55 bits per heavy atom. The van der Waals surface area contributed by atoms with Crippen LogP contribution in [0.4, 0.5) is 0 Å². The lowest BCUT2D eigenvalue weighted by atomic mass is 10.1. The number of phenolic OH excluding ortho intramolecular Hbond substituents is 1. The van der Waals surface area contributed by atoms with Gasteiger partial charge >= 0.3 is 0 Å². The molecule has 2 rings (SSSR count). The van der Waals surface area contributed by atoms with E-state index in [2.05, 4.69) is 4.90 Å². The molecule has 1 aromatic carbocycles. The first-order valence-electron chi connectivity index (χ1n) is 6.57. The van der Waals surface area contributed by atoms with Gasteiger partial charge in [-0.25, -0.2) is 0 Å². The summed E-state index contributed by atoms with van der Waals surface area (Å²) in [5.41, 5.74) is 6.96. The normalized spacial score (nSPS) is 16.1. The van der Waals surface area contributed by atoms with Crippen LogP contribution in [0.15, 0.2) is 18.2 Å².